The van der Waals surface area contributed by atoms with Crippen LogP contribution in [0.2, 0.25) is 0 Å². The Labute approximate surface area is 119 Å². The number of hydrogen-bond donors (Lipinski definition) is 2. The van der Waals surface area contributed by atoms with Crippen LogP contribution in [0, 0.1) is 0 Å². The van der Waals surface area contributed by atoms with Crippen molar-refractivity contribution in [3.8, 4) is 0 Å². The number of nitrogens with one attached hydrogen (secondary N) is 2. The van der Waals surface area contributed by atoms with Crippen LogP contribution in [0.25, 0.3) is 0 Å². The molecule has 20 heavy (non-hydrogen) atoms. The SMILES string of the molecule is CC(NC(=O)[C@H]1NCCO[C@@H]1C)C(=O)N1CCOCC1. The van der Waals surface area contributed by atoms with Gasteiger partial charge < -0.3 is 25.0 Å². The van der Waals surface area contributed by atoms with E-state index in [1.165, 1.54) is 0 Å². The van der Waals surface area contributed by atoms with Crippen molar-refractivity contribution in [2.45, 2.75) is 32.0 Å². The maximum absolute atomic E-state index is 12.2. The van der Waals surface area contributed by atoms with E-state index in [4.69, 9.17) is 9.47 Å². The van der Waals surface area contributed by atoms with Gasteiger partial charge in [-0.3, -0.25) is 9.59 Å². The molecule has 7 nitrogen and oxygen atoms in total. The van der Waals surface area contributed by atoms with Crippen molar-refractivity contribution < 1.29 is 19.1 Å². The van der Waals surface area contributed by atoms with E-state index in [0.29, 0.717) is 39.5 Å². The molecule has 1 unspecified atom stereocenters. The number of carbonyl (C=O) groups excluding carboxylic acids is 2. The van der Waals surface area contributed by atoms with Crippen LogP contribution in [0.5, 0.6) is 0 Å². The van der Waals surface area contributed by atoms with Gasteiger partial charge in [0.2, 0.25) is 11.8 Å². The molecule has 0 aromatic rings. The van der Waals surface area contributed by atoms with E-state index in [2.05, 4.69) is 10.6 Å². The predicted molar refractivity (Wildman–Crippen MR) is 72.2 cm³/mol. The third kappa shape index (κ3) is 3.68. The van der Waals surface area contributed by atoms with Crippen molar-refractivity contribution in [3.05, 3.63) is 0 Å². The first-order chi connectivity index (χ1) is 9.59. The summed E-state index contributed by atoms with van der Waals surface area (Å²) in [4.78, 5) is 26.1. The highest BCUT2D eigenvalue weighted by Crippen LogP contribution is 2.05. The van der Waals surface area contributed by atoms with E-state index in [9.17, 15) is 9.59 Å². The highest BCUT2D eigenvalue weighted by molar-refractivity contribution is 5.89. The lowest BCUT2D eigenvalue weighted by molar-refractivity contribution is -0.141. The smallest absolute Gasteiger partial charge is 0.245 e. The number of morpholine rings is 2. The normalized spacial score (nSPS) is 28.8. The lowest BCUT2D eigenvalue weighted by atomic mass is 10.1. The summed E-state index contributed by atoms with van der Waals surface area (Å²) >= 11 is 0. The number of ether oxygens (including phenoxy) is 2. The maximum Gasteiger partial charge on any atom is 0.245 e. The second kappa shape index (κ2) is 7.01. The summed E-state index contributed by atoms with van der Waals surface area (Å²) in [6.45, 7) is 7.10. The Morgan fingerprint density at radius 2 is 2.00 bits per heavy atom. The van der Waals surface area contributed by atoms with E-state index >= 15 is 0 Å². The van der Waals surface area contributed by atoms with E-state index in [1.807, 2.05) is 6.92 Å². The molecule has 2 saturated heterocycles. The van der Waals surface area contributed by atoms with Gasteiger partial charge in [0.05, 0.1) is 25.9 Å². The number of amides is 2. The van der Waals surface area contributed by atoms with Gasteiger partial charge in [0.25, 0.3) is 0 Å². The van der Waals surface area contributed by atoms with Gasteiger partial charge in [-0.2, -0.15) is 0 Å². The molecular weight excluding hydrogens is 262 g/mol. The fourth-order valence-electron chi connectivity index (χ4n) is 2.45. The van der Waals surface area contributed by atoms with E-state index in [1.54, 1.807) is 11.8 Å². The van der Waals surface area contributed by atoms with Gasteiger partial charge in [-0.25, -0.2) is 0 Å². The van der Waals surface area contributed by atoms with E-state index in [-0.39, 0.29) is 17.9 Å². The molecular formula is C13H23N3O4. The number of nitrogens with zero attached hydrogens (tertiary/aromatic N) is 1. The van der Waals surface area contributed by atoms with Gasteiger partial charge in [-0.05, 0) is 13.8 Å². The summed E-state index contributed by atoms with van der Waals surface area (Å²) in [6.07, 6.45) is -0.186. The Bertz CT molecular complexity index is 358. The zero-order valence-corrected chi connectivity index (χ0v) is 12.1. The zero-order chi connectivity index (χ0) is 14.5. The second-order valence-corrected chi connectivity index (χ2v) is 5.18. The minimum atomic E-state index is -0.531. The third-order valence-electron chi connectivity index (χ3n) is 3.65. The van der Waals surface area contributed by atoms with Gasteiger partial charge in [-0.1, -0.05) is 0 Å². The topological polar surface area (TPSA) is 79.9 Å². The quantitative estimate of drug-likeness (QED) is 0.676. The molecule has 0 bridgehead atoms. The first kappa shape index (κ1) is 15.2. The van der Waals surface area contributed by atoms with Crippen LogP contribution in [0.1, 0.15) is 13.8 Å². The lowest BCUT2D eigenvalue weighted by Crippen LogP contribution is -2.59. The summed E-state index contributed by atoms with van der Waals surface area (Å²) in [6, 6.07) is -0.930. The Hall–Kier alpha value is -1.18. The Balaban J connectivity index is 1.84. The molecule has 2 aliphatic heterocycles. The molecule has 2 heterocycles. The van der Waals surface area contributed by atoms with Gasteiger partial charge in [0.15, 0.2) is 0 Å². The maximum atomic E-state index is 12.2. The molecule has 2 aliphatic rings. The summed E-state index contributed by atoms with van der Waals surface area (Å²) in [5.41, 5.74) is 0. The average Bonchev–Trinajstić information content (AvgIpc) is 2.47. The molecule has 2 N–H and O–H groups in total. The van der Waals surface area contributed by atoms with Gasteiger partial charge in [-0.15, -0.1) is 0 Å². The first-order valence-corrected chi connectivity index (χ1v) is 7.11. The molecule has 2 rings (SSSR count). The van der Waals surface area contributed by atoms with Crippen molar-refractivity contribution in [2.24, 2.45) is 0 Å². The predicted octanol–water partition coefficient (Wildman–Crippen LogP) is -1.27. The fourth-order valence-corrected chi connectivity index (χ4v) is 2.45. The minimum Gasteiger partial charge on any atom is -0.378 e. The van der Waals surface area contributed by atoms with Crippen LogP contribution in [0.3, 0.4) is 0 Å². The largest absolute Gasteiger partial charge is 0.378 e. The van der Waals surface area contributed by atoms with E-state index in [0.717, 1.165) is 0 Å². The van der Waals surface area contributed by atoms with Crippen molar-refractivity contribution in [1.29, 1.82) is 0 Å². The van der Waals surface area contributed by atoms with E-state index < -0.39 is 12.1 Å². The molecule has 3 atom stereocenters. The Morgan fingerprint density at radius 1 is 1.30 bits per heavy atom. The van der Waals surface area contributed by atoms with Crippen LogP contribution in [-0.4, -0.2) is 74.4 Å². The summed E-state index contributed by atoms with van der Waals surface area (Å²) in [5.74, 6) is -0.252. The molecule has 2 amide bonds. The first-order valence-electron chi connectivity index (χ1n) is 7.11. The summed E-state index contributed by atoms with van der Waals surface area (Å²) < 4.78 is 10.6. The third-order valence-corrected chi connectivity index (χ3v) is 3.65. The number of rotatable bonds is 3. The van der Waals surface area contributed by atoms with Crippen LogP contribution in [0.4, 0.5) is 0 Å². The van der Waals surface area contributed by atoms with Crippen molar-refractivity contribution in [1.82, 2.24) is 15.5 Å². The molecule has 0 aliphatic carbocycles. The number of carbonyl (C=O) groups is 2. The van der Waals surface area contributed by atoms with Crippen LogP contribution >= 0.6 is 0 Å². The number of hydrogen-bond acceptors (Lipinski definition) is 5. The Kier molecular flexibility index (Phi) is 5.33. The Morgan fingerprint density at radius 3 is 2.65 bits per heavy atom. The monoisotopic (exact) mass is 285 g/mol. The lowest BCUT2D eigenvalue weighted by Gasteiger charge is -2.32. The molecule has 114 valence electrons. The molecule has 0 spiro atoms. The molecule has 7 heteroatoms. The molecule has 0 aromatic carbocycles. The zero-order valence-electron chi connectivity index (χ0n) is 12.1. The van der Waals surface area contributed by atoms with Crippen LogP contribution in [-0.2, 0) is 19.1 Å². The highest BCUT2D eigenvalue weighted by atomic mass is 16.5. The van der Waals surface area contributed by atoms with Crippen molar-refractivity contribution >= 4 is 11.8 Å². The van der Waals surface area contributed by atoms with Crippen LogP contribution < -0.4 is 10.6 Å². The van der Waals surface area contributed by atoms with Crippen molar-refractivity contribution in [2.75, 3.05) is 39.5 Å². The van der Waals surface area contributed by atoms with Crippen LogP contribution in [0.15, 0.2) is 0 Å². The molecule has 2 fully saturated rings. The van der Waals surface area contributed by atoms with Gasteiger partial charge in [0, 0.05) is 19.6 Å². The molecule has 0 aromatic heterocycles. The fraction of sp³-hybridized carbons (Fsp3) is 0.846. The van der Waals surface area contributed by atoms with Gasteiger partial charge >= 0.3 is 0 Å². The minimum absolute atomic E-state index is 0.0639. The highest BCUT2D eigenvalue weighted by Gasteiger charge is 2.31. The molecule has 0 saturated carbocycles. The molecule has 0 radical (unpaired) electrons. The van der Waals surface area contributed by atoms with Crippen molar-refractivity contribution in [3.63, 3.8) is 0 Å². The summed E-state index contributed by atoms with van der Waals surface area (Å²) in [7, 11) is 0. The standard InChI is InChI=1S/C13H23N3O4/c1-9(13(18)16-4-7-19-8-5-16)15-12(17)11-10(2)20-6-3-14-11/h9-11,14H,3-8H2,1-2H3,(H,15,17)/t9?,10-,11+/m1/s1. The second-order valence-electron chi connectivity index (χ2n) is 5.18. The summed E-state index contributed by atoms with van der Waals surface area (Å²) in [5, 5.41) is 5.87. The van der Waals surface area contributed by atoms with Gasteiger partial charge in [0.1, 0.15) is 12.1 Å². The average molecular weight is 285 g/mol.